The molecule has 0 spiro atoms. The Morgan fingerprint density at radius 2 is 1.92 bits per heavy atom. The molecule has 3 aromatic heterocycles. The summed E-state index contributed by atoms with van der Waals surface area (Å²) < 4.78 is 1.01. The number of aromatic nitrogens is 2. The van der Waals surface area contributed by atoms with Crippen LogP contribution in [0.15, 0.2) is 59.3 Å². The van der Waals surface area contributed by atoms with E-state index >= 15 is 0 Å². The lowest BCUT2D eigenvalue weighted by molar-refractivity contribution is 1.18. The van der Waals surface area contributed by atoms with Crippen molar-refractivity contribution < 1.29 is 0 Å². The molecular weight excluding hydrogens is 360 g/mol. The number of anilines is 1. The summed E-state index contributed by atoms with van der Waals surface area (Å²) >= 11 is 3.32. The molecule has 0 aliphatic carbocycles. The molecule has 26 heavy (non-hydrogen) atoms. The average molecular weight is 377 g/mol. The predicted molar refractivity (Wildman–Crippen MR) is 113 cm³/mol. The fourth-order valence-corrected chi connectivity index (χ4v) is 4.23. The summed E-state index contributed by atoms with van der Waals surface area (Å²) in [5.74, 6) is 0.732. The summed E-state index contributed by atoms with van der Waals surface area (Å²) in [5.41, 5.74) is 6.35. The predicted octanol–water partition coefficient (Wildman–Crippen LogP) is 5.68. The molecule has 1 aromatic carbocycles. The minimum atomic E-state index is 0.732. The topological polar surface area (TPSA) is 50.2 Å². The van der Waals surface area contributed by atoms with Gasteiger partial charge in [0.05, 0.1) is 16.4 Å². The molecule has 4 rings (SSSR count). The first-order valence-electron chi connectivity index (χ1n) is 8.11. The monoisotopic (exact) mass is 376 g/mol. The lowest BCUT2D eigenvalue weighted by atomic mass is 10.2. The number of thiophene rings is 2. The average Bonchev–Trinajstić information content (AvgIpc) is 3.30. The maximum atomic E-state index is 4.45. The molecule has 0 unspecified atom stereocenters. The van der Waals surface area contributed by atoms with E-state index in [4.69, 9.17) is 0 Å². The van der Waals surface area contributed by atoms with E-state index in [1.54, 1.807) is 35.2 Å². The third kappa shape index (κ3) is 3.56. The number of nitrogens with zero attached hydrogens (tertiary/aromatic N) is 3. The lowest BCUT2D eigenvalue weighted by Gasteiger charge is -1.99. The highest BCUT2D eigenvalue weighted by Crippen LogP contribution is 2.34. The van der Waals surface area contributed by atoms with Gasteiger partial charge in [0.2, 0.25) is 0 Å². The van der Waals surface area contributed by atoms with E-state index in [1.165, 1.54) is 10.4 Å². The Morgan fingerprint density at radius 1 is 1.04 bits per heavy atom. The van der Waals surface area contributed by atoms with Crippen LogP contribution in [-0.2, 0) is 0 Å². The van der Waals surface area contributed by atoms with Gasteiger partial charge in [0.15, 0.2) is 5.82 Å². The van der Waals surface area contributed by atoms with Crippen molar-refractivity contribution in [3.8, 4) is 0 Å². The van der Waals surface area contributed by atoms with Gasteiger partial charge in [-0.2, -0.15) is 5.10 Å². The molecule has 0 bridgehead atoms. The van der Waals surface area contributed by atoms with Crippen LogP contribution in [0.1, 0.15) is 20.9 Å². The van der Waals surface area contributed by atoms with E-state index in [9.17, 15) is 0 Å². The Balaban J connectivity index is 1.63. The molecule has 4 nitrogen and oxygen atoms in total. The molecule has 0 aliphatic rings. The van der Waals surface area contributed by atoms with Crippen LogP contribution in [0.2, 0.25) is 0 Å². The van der Waals surface area contributed by atoms with Gasteiger partial charge in [-0.25, -0.2) is 9.97 Å². The van der Waals surface area contributed by atoms with Gasteiger partial charge in [-0.05, 0) is 35.6 Å². The summed E-state index contributed by atoms with van der Waals surface area (Å²) in [6, 6.07) is 14.3. The van der Waals surface area contributed by atoms with Crippen molar-refractivity contribution in [2.45, 2.75) is 6.92 Å². The molecule has 4 aromatic rings. The van der Waals surface area contributed by atoms with Crippen molar-refractivity contribution in [1.82, 2.24) is 9.97 Å². The number of rotatable bonds is 5. The number of hydrazone groups is 1. The number of benzene rings is 1. The zero-order chi connectivity index (χ0) is 17.8. The Bertz CT molecular complexity index is 1060. The Morgan fingerprint density at radius 3 is 2.73 bits per heavy atom. The standard InChI is InChI=1S/C20H16N4S2/c1-14-17(10-9-15-6-3-2-4-7-15)26-19-18(14)21-13-22-20(19)24-23-12-16-8-5-11-25-16/h2-13H,1H3,(H,21,22,24). The molecule has 6 heteroatoms. The van der Waals surface area contributed by atoms with Gasteiger partial charge < -0.3 is 0 Å². The van der Waals surface area contributed by atoms with Gasteiger partial charge in [-0.3, -0.25) is 5.43 Å². The van der Waals surface area contributed by atoms with Crippen LogP contribution in [0.25, 0.3) is 22.4 Å². The fraction of sp³-hybridized carbons (Fsp3) is 0.0500. The molecule has 1 N–H and O–H groups in total. The van der Waals surface area contributed by atoms with Crippen LogP contribution in [0, 0.1) is 6.92 Å². The zero-order valence-corrected chi connectivity index (χ0v) is 15.7. The molecule has 0 amide bonds. The van der Waals surface area contributed by atoms with Crippen LogP contribution in [0.5, 0.6) is 0 Å². The smallest absolute Gasteiger partial charge is 0.167 e. The van der Waals surface area contributed by atoms with Crippen LogP contribution in [0.3, 0.4) is 0 Å². The van der Waals surface area contributed by atoms with Gasteiger partial charge in [-0.1, -0.05) is 42.5 Å². The highest BCUT2D eigenvalue weighted by molar-refractivity contribution is 7.20. The second-order valence-electron chi connectivity index (χ2n) is 5.62. The van der Waals surface area contributed by atoms with Gasteiger partial charge in [0.25, 0.3) is 0 Å². The van der Waals surface area contributed by atoms with Crippen LogP contribution in [0.4, 0.5) is 5.82 Å². The molecule has 0 aliphatic heterocycles. The molecule has 0 saturated carbocycles. The summed E-state index contributed by atoms with van der Waals surface area (Å²) in [4.78, 5) is 11.1. The first-order valence-corrected chi connectivity index (χ1v) is 9.81. The molecule has 0 atom stereocenters. The Labute approximate surface area is 159 Å². The van der Waals surface area contributed by atoms with E-state index in [0.717, 1.165) is 26.5 Å². The van der Waals surface area contributed by atoms with Crippen LogP contribution in [-0.4, -0.2) is 16.2 Å². The lowest BCUT2D eigenvalue weighted by Crippen LogP contribution is -1.93. The minimum absolute atomic E-state index is 0.732. The number of hydrogen-bond acceptors (Lipinski definition) is 6. The highest BCUT2D eigenvalue weighted by atomic mass is 32.1. The number of aryl methyl sites for hydroxylation is 1. The van der Waals surface area contributed by atoms with E-state index in [1.807, 2.05) is 35.7 Å². The van der Waals surface area contributed by atoms with E-state index in [-0.39, 0.29) is 0 Å². The Hall–Kier alpha value is -2.83. The quantitative estimate of drug-likeness (QED) is 0.360. The second-order valence-corrected chi connectivity index (χ2v) is 7.65. The van der Waals surface area contributed by atoms with E-state index in [0.29, 0.717) is 0 Å². The molecule has 0 fully saturated rings. The van der Waals surface area contributed by atoms with Gasteiger partial charge in [0, 0.05) is 9.75 Å². The first-order chi connectivity index (χ1) is 12.8. The molecule has 0 radical (unpaired) electrons. The minimum Gasteiger partial charge on any atom is -0.260 e. The van der Waals surface area contributed by atoms with Crippen molar-refractivity contribution in [2.24, 2.45) is 5.10 Å². The van der Waals surface area contributed by atoms with E-state index in [2.05, 4.69) is 51.7 Å². The second kappa shape index (κ2) is 7.59. The molecule has 3 heterocycles. The van der Waals surface area contributed by atoms with Gasteiger partial charge in [0.1, 0.15) is 6.33 Å². The summed E-state index contributed by atoms with van der Waals surface area (Å²) in [6.07, 6.45) is 7.63. The zero-order valence-electron chi connectivity index (χ0n) is 14.1. The van der Waals surface area contributed by atoms with Crippen molar-refractivity contribution >= 4 is 57.1 Å². The SMILES string of the molecule is Cc1c(C=Cc2ccccc2)sc2c(NN=Cc3cccs3)ncnc12. The summed E-state index contributed by atoms with van der Waals surface area (Å²) in [5, 5.41) is 6.33. The van der Waals surface area contributed by atoms with Crippen molar-refractivity contribution in [3.05, 3.63) is 75.1 Å². The molecule has 0 saturated heterocycles. The normalized spacial score (nSPS) is 11.7. The number of fused-ring (bicyclic) bond motifs is 1. The maximum Gasteiger partial charge on any atom is 0.167 e. The summed E-state index contributed by atoms with van der Waals surface area (Å²) in [6.45, 7) is 2.09. The van der Waals surface area contributed by atoms with Gasteiger partial charge in [-0.15, -0.1) is 22.7 Å². The third-order valence-electron chi connectivity index (χ3n) is 3.87. The Kier molecular flexibility index (Phi) is 4.86. The largest absolute Gasteiger partial charge is 0.260 e. The van der Waals surface area contributed by atoms with E-state index < -0.39 is 0 Å². The molecular formula is C20H16N4S2. The van der Waals surface area contributed by atoms with Crippen molar-refractivity contribution in [3.63, 3.8) is 0 Å². The highest BCUT2D eigenvalue weighted by Gasteiger charge is 2.12. The third-order valence-corrected chi connectivity index (χ3v) is 5.93. The van der Waals surface area contributed by atoms with Crippen molar-refractivity contribution in [2.75, 3.05) is 5.43 Å². The van der Waals surface area contributed by atoms with Crippen LogP contribution < -0.4 is 5.43 Å². The van der Waals surface area contributed by atoms with Crippen LogP contribution >= 0.6 is 22.7 Å². The van der Waals surface area contributed by atoms with Gasteiger partial charge >= 0.3 is 0 Å². The number of hydrogen-bond donors (Lipinski definition) is 1. The van der Waals surface area contributed by atoms with Crippen molar-refractivity contribution in [1.29, 1.82) is 0 Å². The maximum absolute atomic E-state index is 4.45. The molecule has 128 valence electrons. The number of nitrogens with one attached hydrogen (secondary N) is 1. The summed E-state index contributed by atoms with van der Waals surface area (Å²) in [7, 11) is 0. The fourth-order valence-electron chi connectivity index (χ4n) is 2.54. The first kappa shape index (κ1) is 16.6.